The van der Waals surface area contributed by atoms with E-state index < -0.39 is 11.8 Å². The molecule has 0 atom stereocenters. The molecular weight excluding hydrogens is 245 g/mol. The predicted molar refractivity (Wildman–Crippen MR) is 74.6 cm³/mol. The minimum Gasteiger partial charge on any atom is -0.396 e. The van der Waals surface area contributed by atoms with Crippen molar-refractivity contribution >= 4 is 23.1 Å². The van der Waals surface area contributed by atoms with Gasteiger partial charge in [-0.15, -0.1) is 0 Å². The van der Waals surface area contributed by atoms with E-state index in [2.05, 4.69) is 10.6 Å². The lowest BCUT2D eigenvalue weighted by atomic mass is 10.2. The zero-order valence-electron chi connectivity index (χ0n) is 10.4. The van der Waals surface area contributed by atoms with Gasteiger partial charge in [-0.05, 0) is 37.3 Å². The van der Waals surface area contributed by atoms with Gasteiger partial charge in [0.05, 0.1) is 5.69 Å². The Bertz CT molecular complexity index is 596. The summed E-state index contributed by atoms with van der Waals surface area (Å²) in [6, 6.07) is 11.0. The fraction of sp³-hybridized carbons (Fsp3) is 0.0714. The molecule has 0 aliphatic carbocycles. The number of hydrogen-bond donors (Lipinski definition) is 3. The second-order valence-electron chi connectivity index (χ2n) is 4.18. The molecule has 0 spiro atoms. The molecule has 0 radical (unpaired) electrons. The number of urea groups is 1. The molecule has 2 aromatic rings. The number of carbonyl (C=O) groups excluding carboxylic acids is 1. The smallest absolute Gasteiger partial charge is 0.323 e. The third-order valence-corrected chi connectivity index (χ3v) is 2.57. The molecular formula is C14H14FN3O. The van der Waals surface area contributed by atoms with E-state index in [0.717, 1.165) is 5.56 Å². The molecule has 0 saturated heterocycles. The number of benzene rings is 2. The van der Waals surface area contributed by atoms with Gasteiger partial charge in [0, 0.05) is 11.4 Å². The predicted octanol–water partition coefficient (Wildman–Crippen LogP) is 3.36. The molecule has 0 saturated carbocycles. The molecule has 0 bridgehead atoms. The molecule has 0 fully saturated rings. The van der Waals surface area contributed by atoms with Crippen molar-refractivity contribution in [3.63, 3.8) is 0 Å². The van der Waals surface area contributed by atoms with Crippen LogP contribution in [0.25, 0.3) is 0 Å². The first-order chi connectivity index (χ1) is 9.04. The quantitative estimate of drug-likeness (QED) is 0.724. The number of aryl methyl sites for hydroxylation is 1. The molecule has 0 unspecified atom stereocenters. The van der Waals surface area contributed by atoms with Crippen molar-refractivity contribution < 1.29 is 9.18 Å². The Morgan fingerprint density at radius 2 is 1.63 bits per heavy atom. The van der Waals surface area contributed by atoms with E-state index >= 15 is 0 Å². The molecule has 98 valence electrons. The minimum absolute atomic E-state index is 0.0458. The van der Waals surface area contributed by atoms with Crippen molar-refractivity contribution in [2.45, 2.75) is 6.92 Å². The third kappa shape index (κ3) is 3.45. The lowest BCUT2D eigenvalue weighted by Crippen LogP contribution is -2.19. The monoisotopic (exact) mass is 259 g/mol. The SMILES string of the molecule is Cc1ccc(NC(=O)Nc2ccc(N)c(F)c2)cc1. The minimum atomic E-state index is -0.562. The second kappa shape index (κ2) is 5.39. The summed E-state index contributed by atoms with van der Waals surface area (Å²) in [6.45, 7) is 1.96. The fourth-order valence-corrected chi connectivity index (χ4v) is 1.54. The molecule has 4 N–H and O–H groups in total. The maximum atomic E-state index is 13.2. The van der Waals surface area contributed by atoms with Crippen LogP contribution in [0, 0.1) is 12.7 Å². The maximum Gasteiger partial charge on any atom is 0.323 e. The van der Waals surface area contributed by atoms with Gasteiger partial charge in [-0.3, -0.25) is 0 Å². The van der Waals surface area contributed by atoms with E-state index in [1.54, 1.807) is 12.1 Å². The van der Waals surface area contributed by atoms with E-state index in [4.69, 9.17) is 5.73 Å². The van der Waals surface area contributed by atoms with Gasteiger partial charge in [-0.1, -0.05) is 17.7 Å². The van der Waals surface area contributed by atoms with Gasteiger partial charge in [0.2, 0.25) is 0 Å². The van der Waals surface area contributed by atoms with Crippen LogP contribution in [-0.4, -0.2) is 6.03 Å². The van der Waals surface area contributed by atoms with E-state index in [1.165, 1.54) is 18.2 Å². The largest absolute Gasteiger partial charge is 0.396 e. The van der Waals surface area contributed by atoms with Gasteiger partial charge >= 0.3 is 6.03 Å². The number of nitrogens with two attached hydrogens (primary N) is 1. The normalized spacial score (nSPS) is 10.0. The summed E-state index contributed by atoms with van der Waals surface area (Å²) in [5, 5.41) is 5.18. The molecule has 0 aliphatic heterocycles. The number of nitrogen functional groups attached to an aromatic ring is 1. The summed E-state index contributed by atoms with van der Waals surface area (Å²) >= 11 is 0. The highest BCUT2D eigenvalue weighted by Crippen LogP contribution is 2.16. The lowest BCUT2D eigenvalue weighted by molar-refractivity contribution is 0.262. The Balaban J connectivity index is 2.01. The number of nitrogens with one attached hydrogen (secondary N) is 2. The van der Waals surface area contributed by atoms with Gasteiger partial charge < -0.3 is 16.4 Å². The summed E-state index contributed by atoms with van der Waals surface area (Å²) in [6.07, 6.45) is 0. The van der Waals surface area contributed by atoms with Gasteiger partial charge in [0.15, 0.2) is 0 Å². The number of halogens is 1. The first-order valence-corrected chi connectivity index (χ1v) is 5.74. The van der Waals surface area contributed by atoms with Crippen LogP contribution >= 0.6 is 0 Å². The van der Waals surface area contributed by atoms with Crippen LogP contribution in [0.5, 0.6) is 0 Å². The summed E-state index contributed by atoms with van der Waals surface area (Å²) in [5.74, 6) is -0.562. The van der Waals surface area contributed by atoms with Crippen molar-refractivity contribution in [1.29, 1.82) is 0 Å². The van der Waals surface area contributed by atoms with Crippen LogP contribution in [0.3, 0.4) is 0 Å². The highest BCUT2D eigenvalue weighted by molar-refractivity contribution is 5.99. The zero-order valence-corrected chi connectivity index (χ0v) is 10.4. The third-order valence-electron chi connectivity index (χ3n) is 2.57. The van der Waals surface area contributed by atoms with E-state index in [9.17, 15) is 9.18 Å². The zero-order chi connectivity index (χ0) is 13.8. The first-order valence-electron chi connectivity index (χ1n) is 5.74. The van der Waals surface area contributed by atoms with E-state index in [1.807, 2.05) is 19.1 Å². The second-order valence-corrected chi connectivity index (χ2v) is 4.18. The number of hydrogen-bond acceptors (Lipinski definition) is 2. The number of anilines is 3. The van der Waals surface area contributed by atoms with Crippen molar-refractivity contribution in [2.75, 3.05) is 16.4 Å². The van der Waals surface area contributed by atoms with Crippen LogP contribution in [0.4, 0.5) is 26.2 Å². The molecule has 5 heteroatoms. The standard InChI is InChI=1S/C14H14FN3O/c1-9-2-4-10(5-3-9)17-14(19)18-11-6-7-13(16)12(15)8-11/h2-8H,16H2,1H3,(H2,17,18,19). The van der Waals surface area contributed by atoms with Gasteiger partial charge in [-0.2, -0.15) is 0 Å². The van der Waals surface area contributed by atoms with Crippen LogP contribution in [-0.2, 0) is 0 Å². The topological polar surface area (TPSA) is 67.2 Å². The Kier molecular flexibility index (Phi) is 3.66. The Hall–Kier alpha value is -2.56. The molecule has 0 heterocycles. The van der Waals surface area contributed by atoms with Crippen molar-refractivity contribution in [3.8, 4) is 0 Å². The Morgan fingerprint density at radius 1 is 1.05 bits per heavy atom. The van der Waals surface area contributed by atoms with Gasteiger partial charge in [0.1, 0.15) is 5.82 Å². The maximum absolute atomic E-state index is 13.2. The van der Waals surface area contributed by atoms with Crippen LogP contribution in [0.1, 0.15) is 5.56 Å². The molecule has 0 aromatic heterocycles. The van der Waals surface area contributed by atoms with E-state index in [-0.39, 0.29) is 5.69 Å². The lowest BCUT2D eigenvalue weighted by Gasteiger charge is -2.08. The average molecular weight is 259 g/mol. The van der Waals surface area contributed by atoms with Crippen LogP contribution in [0.15, 0.2) is 42.5 Å². The molecule has 0 aliphatic rings. The highest BCUT2D eigenvalue weighted by atomic mass is 19.1. The summed E-state index contributed by atoms with van der Waals surface area (Å²) in [4.78, 5) is 11.7. The van der Waals surface area contributed by atoms with Crippen LogP contribution in [0.2, 0.25) is 0 Å². The van der Waals surface area contributed by atoms with Crippen molar-refractivity contribution in [2.24, 2.45) is 0 Å². The Morgan fingerprint density at radius 3 is 2.26 bits per heavy atom. The molecule has 19 heavy (non-hydrogen) atoms. The summed E-state index contributed by atoms with van der Waals surface area (Å²) < 4.78 is 13.2. The molecule has 2 amide bonds. The van der Waals surface area contributed by atoms with Gasteiger partial charge in [0.25, 0.3) is 0 Å². The highest BCUT2D eigenvalue weighted by Gasteiger charge is 2.05. The van der Waals surface area contributed by atoms with Crippen molar-refractivity contribution in [1.82, 2.24) is 0 Å². The molecule has 2 rings (SSSR count). The Labute approximate surface area is 110 Å². The average Bonchev–Trinajstić information content (AvgIpc) is 2.37. The summed E-state index contributed by atoms with van der Waals surface area (Å²) in [5.41, 5.74) is 7.51. The number of carbonyl (C=O) groups is 1. The van der Waals surface area contributed by atoms with Crippen LogP contribution < -0.4 is 16.4 Å². The van der Waals surface area contributed by atoms with Crippen molar-refractivity contribution in [3.05, 3.63) is 53.8 Å². The molecule has 2 aromatic carbocycles. The first kappa shape index (κ1) is 12.9. The van der Waals surface area contributed by atoms with E-state index in [0.29, 0.717) is 11.4 Å². The molecule has 4 nitrogen and oxygen atoms in total. The summed E-state index contributed by atoms with van der Waals surface area (Å²) in [7, 11) is 0. The van der Waals surface area contributed by atoms with Gasteiger partial charge in [-0.25, -0.2) is 9.18 Å². The fourth-order valence-electron chi connectivity index (χ4n) is 1.54. The number of amides is 2. The number of rotatable bonds is 2.